The molecule has 2 atom stereocenters. The van der Waals surface area contributed by atoms with Crippen molar-refractivity contribution < 1.29 is 19.1 Å². The van der Waals surface area contributed by atoms with Gasteiger partial charge in [-0.3, -0.25) is 4.79 Å². The second kappa shape index (κ2) is 12.7. The first-order valence-corrected chi connectivity index (χ1v) is 11.2. The lowest BCUT2D eigenvalue weighted by molar-refractivity contribution is -0.127. The first-order valence-electron chi connectivity index (χ1n) is 11.2. The van der Waals surface area contributed by atoms with Crippen LogP contribution in [0.5, 0.6) is 0 Å². The molecule has 180 valence electrons. The number of nitrogens with zero attached hydrogens (tertiary/aromatic N) is 3. The smallest absolute Gasteiger partial charge is 0.407 e. The number of alkyl carbamates (subject to hydrolysis) is 1. The number of hydrogen-bond donors (Lipinski definition) is 2. The number of aliphatic imine (C=N–C) groups is 1. The Bertz CT molecular complexity index is 595. The van der Waals surface area contributed by atoms with Gasteiger partial charge in [-0.1, -0.05) is 13.8 Å². The predicted molar refractivity (Wildman–Crippen MR) is 123 cm³/mol. The van der Waals surface area contributed by atoms with E-state index in [4.69, 9.17) is 9.47 Å². The van der Waals surface area contributed by atoms with Crippen LogP contribution >= 0.6 is 0 Å². The van der Waals surface area contributed by atoms with E-state index >= 15 is 0 Å². The fraction of sp³-hybridized carbons (Fsp3) is 0.864. The second-order valence-electron chi connectivity index (χ2n) is 9.75. The number of likely N-dealkylation sites (N-methyl/N-ethyl adjacent to an activating group) is 1. The number of carbonyl (C=O) groups excluding carboxylic acids is 2. The lowest BCUT2D eigenvalue weighted by Crippen LogP contribution is -2.46. The Hall–Kier alpha value is -2.03. The molecule has 0 aromatic carbocycles. The summed E-state index contributed by atoms with van der Waals surface area (Å²) in [6, 6.07) is -0.0369. The highest BCUT2D eigenvalue weighted by Crippen LogP contribution is 2.12. The molecular formula is C22H43N5O4. The van der Waals surface area contributed by atoms with E-state index in [2.05, 4.69) is 29.5 Å². The Labute approximate surface area is 187 Å². The summed E-state index contributed by atoms with van der Waals surface area (Å²) in [6.07, 6.45) is 1.34. The molecule has 1 fully saturated rings. The standard InChI is InChI=1S/C22H43N5O4/c1-16(2)18(25-21(29)31-22(3,4)5)9-11-27(8)20(24-14-19(28)26(6)7)23-13-17-10-12-30-15-17/h16-18H,9-15H2,1-8H3,(H,23,24)(H,25,29). The van der Waals surface area contributed by atoms with E-state index in [1.54, 1.807) is 14.1 Å². The Morgan fingerprint density at radius 1 is 1.23 bits per heavy atom. The number of amides is 2. The molecule has 1 rings (SSSR count). The molecule has 9 heteroatoms. The van der Waals surface area contributed by atoms with Gasteiger partial charge in [-0.05, 0) is 39.5 Å². The van der Waals surface area contributed by atoms with E-state index in [1.165, 1.54) is 4.90 Å². The molecule has 31 heavy (non-hydrogen) atoms. The van der Waals surface area contributed by atoms with Crippen molar-refractivity contribution in [1.29, 1.82) is 0 Å². The highest BCUT2D eigenvalue weighted by Gasteiger charge is 2.23. The second-order valence-corrected chi connectivity index (χ2v) is 9.75. The maximum Gasteiger partial charge on any atom is 0.407 e. The fourth-order valence-electron chi connectivity index (χ4n) is 3.05. The highest BCUT2D eigenvalue weighted by atomic mass is 16.6. The van der Waals surface area contributed by atoms with Crippen molar-refractivity contribution in [3.05, 3.63) is 0 Å². The summed E-state index contributed by atoms with van der Waals surface area (Å²) in [7, 11) is 5.39. The van der Waals surface area contributed by atoms with E-state index in [0.29, 0.717) is 18.4 Å². The molecule has 1 heterocycles. The minimum atomic E-state index is -0.533. The Morgan fingerprint density at radius 3 is 2.42 bits per heavy atom. The Kier molecular flexibility index (Phi) is 11.1. The van der Waals surface area contributed by atoms with Crippen LogP contribution in [-0.2, 0) is 14.3 Å². The van der Waals surface area contributed by atoms with Gasteiger partial charge in [0.1, 0.15) is 12.1 Å². The van der Waals surface area contributed by atoms with Crippen molar-refractivity contribution in [2.75, 3.05) is 54.0 Å². The largest absolute Gasteiger partial charge is 0.444 e. The number of carbonyl (C=O) groups is 2. The maximum absolute atomic E-state index is 12.2. The zero-order valence-electron chi connectivity index (χ0n) is 20.7. The third kappa shape index (κ3) is 11.2. The zero-order valence-corrected chi connectivity index (χ0v) is 20.7. The number of guanidine groups is 1. The molecule has 0 bridgehead atoms. The number of hydrogen-bond acceptors (Lipinski definition) is 5. The van der Waals surface area contributed by atoms with Gasteiger partial charge >= 0.3 is 6.09 Å². The van der Waals surface area contributed by atoms with Crippen molar-refractivity contribution in [3.8, 4) is 0 Å². The first kappa shape index (κ1) is 27.0. The lowest BCUT2D eigenvalue weighted by Gasteiger charge is -2.29. The van der Waals surface area contributed by atoms with E-state index < -0.39 is 11.7 Å². The zero-order chi connectivity index (χ0) is 23.6. The van der Waals surface area contributed by atoms with Gasteiger partial charge in [-0.15, -0.1) is 0 Å². The van der Waals surface area contributed by atoms with E-state index in [-0.39, 0.29) is 24.4 Å². The van der Waals surface area contributed by atoms with Crippen LogP contribution in [0.4, 0.5) is 4.79 Å². The molecule has 0 aromatic rings. The van der Waals surface area contributed by atoms with Crippen LogP contribution in [0.3, 0.4) is 0 Å². The van der Waals surface area contributed by atoms with Crippen LogP contribution in [0.15, 0.2) is 4.99 Å². The van der Waals surface area contributed by atoms with Gasteiger partial charge in [0, 0.05) is 52.8 Å². The van der Waals surface area contributed by atoms with Crippen LogP contribution < -0.4 is 10.6 Å². The van der Waals surface area contributed by atoms with Crippen molar-refractivity contribution >= 4 is 18.0 Å². The maximum atomic E-state index is 12.2. The summed E-state index contributed by atoms with van der Waals surface area (Å²) < 4.78 is 10.9. The molecule has 0 aromatic heterocycles. The van der Waals surface area contributed by atoms with Crippen molar-refractivity contribution in [3.63, 3.8) is 0 Å². The highest BCUT2D eigenvalue weighted by molar-refractivity contribution is 5.84. The summed E-state index contributed by atoms with van der Waals surface area (Å²) in [4.78, 5) is 32.3. The van der Waals surface area contributed by atoms with Gasteiger partial charge in [0.2, 0.25) is 5.91 Å². The summed E-state index contributed by atoms with van der Waals surface area (Å²) in [5.41, 5.74) is -0.533. The molecule has 1 aliphatic heterocycles. The predicted octanol–water partition coefficient (Wildman–Crippen LogP) is 1.93. The van der Waals surface area contributed by atoms with Crippen LogP contribution in [0.2, 0.25) is 0 Å². The van der Waals surface area contributed by atoms with Gasteiger partial charge < -0.3 is 29.9 Å². The Balaban J connectivity index is 2.71. The van der Waals surface area contributed by atoms with E-state index in [0.717, 1.165) is 32.6 Å². The van der Waals surface area contributed by atoms with Crippen molar-refractivity contribution in [1.82, 2.24) is 20.4 Å². The summed E-state index contributed by atoms with van der Waals surface area (Å²) in [5, 5.41) is 6.38. The molecule has 9 nitrogen and oxygen atoms in total. The topological polar surface area (TPSA) is 95.5 Å². The normalized spacial score (nSPS) is 18.0. The average Bonchev–Trinajstić information content (AvgIpc) is 3.16. The summed E-state index contributed by atoms with van der Waals surface area (Å²) in [5.74, 6) is 1.33. The van der Waals surface area contributed by atoms with Crippen LogP contribution in [0, 0.1) is 11.8 Å². The molecular weight excluding hydrogens is 398 g/mol. The minimum absolute atomic E-state index is 0.0369. The lowest BCUT2D eigenvalue weighted by atomic mass is 10.0. The number of rotatable bonds is 9. The third-order valence-corrected chi connectivity index (χ3v) is 5.08. The molecule has 1 saturated heterocycles. The number of nitrogens with one attached hydrogen (secondary N) is 2. The average molecular weight is 442 g/mol. The van der Waals surface area contributed by atoms with Gasteiger partial charge in [0.25, 0.3) is 0 Å². The monoisotopic (exact) mass is 441 g/mol. The SMILES string of the molecule is CC(C)C(CCN(C)C(=NCC(=O)N(C)C)NCC1CCOC1)NC(=O)OC(C)(C)C. The number of ether oxygens (including phenoxy) is 2. The first-order chi connectivity index (χ1) is 14.4. The van der Waals surface area contributed by atoms with Gasteiger partial charge in [0.05, 0.1) is 6.61 Å². The Morgan fingerprint density at radius 2 is 1.90 bits per heavy atom. The molecule has 0 aliphatic carbocycles. The fourth-order valence-corrected chi connectivity index (χ4v) is 3.05. The molecule has 2 unspecified atom stereocenters. The van der Waals surface area contributed by atoms with Crippen molar-refractivity contribution in [2.45, 2.75) is 59.1 Å². The minimum Gasteiger partial charge on any atom is -0.444 e. The molecule has 2 amide bonds. The third-order valence-electron chi connectivity index (χ3n) is 5.08. The summed E-state index contributed by atoms with van der Waals surface area (Å²) in [6.45, 7) is 12.7. The van der Waals surface area contributed by atoms with Gasteiger partial charge in [-0.25, -0.2) is 9.79 Å². The summed E-state index contributed by atoms with van der Waals surface area (Å²) >= 11 is 0. The quantitative estimate of drug-likeness (QED) is 0.419. The van der Waals surface area contributed by atoms with Gasteiger partial charge in [-0.2, -0.15) is 0 Å². The van der Waals surface area contributed by atoms with E-state index in [1.807, 2.05) is 32.7 Å². The van der Waals surface area contributed by atoms with Crippen molar-refractivity contribution in [2.24, 2.45) is 16.8 Å². The van der Waals surface area contributed by atoms with Crippen LogP contribution in [0.1, 0.15) is 47.5 Å². The molecule has 0 radical (unpaired) electrons. The molecule has 1 aliphatic rings. The van der Waals surface area contributed by atoms with Gasteiger partial charge in [0.15, 0.2) is 5.96 Å². The molecule has 0 saturated carbocycles. The van der Waals surface area contributed by atoms with E-state index in [9.17, 15) is 9.59 Å². The van der Waals surface area contributed by atoms with Crippen LogP contribution in [-0.4, -0.2) is 93.4 Å². The van der Waals surface area contributed by atoms with Crippen LogP contribution in [0.25, 0.3) is 0 Å². The molecule has 2 N–H and O–H groups in total. The molecule has 0 spiro atoms.